The van der Waals surface area contributed by atoms with Crippen LogP contribution in [-0.2, 0) is 24.4 Å². The van der Waals surface area contributed by atoms with E-state index in [1.807, 2.05) is 13.0 Å². The number of carbonyl (C=O) groups is 4. The van der Waals surface area contributed by atoms with Crippen molar-refractivity contribution in [3.8, 4) is 11.6 Å². The van der Waals surface area contributed by atoms with Crippen molar-refractivity contribution in [2.75, 3.05) is 13.7 Å². The van der Waals surface area contributed by atoms with E-state index in [9.17, 15) is 32.3 Å². The van der Waals surface area contributed by atoms with Crippen LogP contribution in [0.25, 0.3) is 10.8 Å². The first-order valence-electron chi connectivity index (χ1n) is 20.0. The second kappa shape index (κ2) is 15.8. The number of nitrogens with zero attached hydrogens (tertiary/aromatic N) is 3. The van der Waals surface area contributed by atoms with Crippen molar-refractivity contribution >= 4 is 44.6 Å². The third kappa shape index (κ3) is 8.29. The molecule has 4 aliphatic rings. The summed E-state index contributed by atoms with van der Waals surface area (Å²) in [5.41, 5.74) is -4.11. The maximum Gasteiger partial charge on any atom is 0.408 e. The maximum absolute atomic E-state index is 15.5. The Balaban J connectivity index is 1.45. The molecule has 0 radical (unpaired) electrons. The Morgan fingerprint density at radius 2 is 1.85 bits per heavy atom. The molecule has 14 nitrogen and oxygen atoms in total. The quantitative estimate of drug-likeness (QED) is 0.248. The lowest BCUT2D eigenvalue weighted by atomic mass is 9.81. The predicted molar refractivity (Wildman–Crippen MR) is 211 cm³/mol. The second-order valence-corrected chi connectivity index (χ2v) is 19.7. The van der Waals surface area contributed by atoms with Gasteiger partial charge in [-0.05, 0) is 89.3 Å². The van der Waals surface area contributed by atoms with E-state index in [4.69, 9.17) is 9.47 Å². The Kier molecular flexibility index (Phi) is 11.8. The van der Waals surface area contributed by atoms with Crippen molar-refractivity contribution in [1.82, 2.24) is 24.8 Å². The Labute approximate surface area is 342 Å². The van der Waals surface area contributed by atoms with Gasteiger partial charge >= 0.3 is 6.09 Å². The molecule has 59 heavy (non-hydrogen) atoms. The molecular formula is C41H54F3N5O9S. The van der Waals surface area contributed by atoms with E-state index in [0.29, 0.717) is 48.6 Å². The van der Waals surface area contributed by atoms with E-state index in [1.165, 1.54) is 38.4 Å². The van der Waals surface area contributed by atoms with Gasteiger partial charge in [0.05, 0.1) is 30.0 Å². The molecule has 0 spiro atoms. The molecule has 1 aromatic carbocycles. The average molecular weight is 850 g/mol. The topological polar surface area (TPSA) is 185 Å². The zero-order chi connectivity index (χ0) is 43.5. The van der Waals surface area contributed by atoms with Crippen LogP contribution in [0.1, 0.15) is 92.9 Å². The number of fused-ring (bicyclic) bond motifs is 3. The first-order valence-corrected chi connectivity index (χ1v) is 21.5. The number of ether oxygens (including phenoxy) is 2. The second-order valence-electron chi connectivity index (χ2n) is 17.5. The molecule has 3 fully saturated rings. The number of hydrogen-bond acceptors (Lipinski definition) is 9. The van der Waals surface area contributed by atoms with E-state index < -0.39 is 91.4 Å². The molecule has 4 amide bonds. The van der Waals surface area contributed by atoms with Gasteiger partial charge in [0.1, 0.15) is 40.8 Å². The lowest BCUT2D eigenvalue weighted by Gasteiger charge is -2.47. The standard InChI is InChI=1S/C41H54F3N5O9S/c1-8-24-17-23(2)11-9-10-12-25-20-41(25,36(52)47-59(55,56)39(5)15-16-39)46-33(50)30-19-27(58-34-29-18-26(42)13-14-28(29)31(57-7)21-45-34)22-48(30)35(51)32(24)49(37(53)54)38(3,4)40(6,43)44/h10,12-14,18,21,23-25,27,30,32H,8-9,11,15-17,19-20,22H2,1-7H3,(H,46,50)(H,47,52)(H,53,54)/b12-10-/t23-,24+,25+,27+,30-,32-,41+/m0/s1. The molecule has 2 saturated carbocycles. The number of pyridine rings is 1. The smallest absolute Gasteiger partial charge is 0.408 e. The molecule has 18 heteroatoms. The fourth-order valence-electron chi connectivity index (χ4n) is 8.42. The van der Waals surface area contributed by atoms with Crippen LogP contribution >= 0.6 is 0 Å². The van der Waals surface area contributed by atoms with Crippen molar-refractivity contribution in [3.63, 3.8) is 0 Å². The van der Waals surface area contributed by atoms with Gasteiger partial charge in [-0.3, -0.25) is 24.0 Å². The van der Waals surface area contributed by atoms with Crippen molar-refractivity contribution < 1.29 is 55.3 Å². The number of alkyl halides is 2. The monoisotopic (exact) mass is 849 g/mol. The van der Waals surface area contributed by atoms with Crippen LogP contribution in [0.5, 0.6) is 11.6 Å². The number of amides is 4. The molecule has 324 valence electrons. The van der Waals surface area contributed by atoms with Gasteiger partial charge in [-0.25, -0.2) is 31.4 Å². The molecule has 2 aliphatic heterocycles. The number of hydrogen-bond donors (Lipinski definition) is 3. The third-order valence-electron chi connectivity index (χ3n) is 13.0. The number of rotatable bonds is 10. The molecule has 7 atom stereocenters. The normalized spacial score (nSPS) is 29.2. The predicted octanol–water partition coefficient (Wildman–Crippen LogP) is 5.79. The highest BCUT2D eigenvalue weighted by molar-refractivity contribution is 7.91. The van der Waals surface area contributed by atoms with Gasteiger partial charge in [0.15, 0.2) is 0 Å². The number of carbonyl (C=O) groups excluding carboxylic acids is 3. The largest absolute Gasteiger partial charge is 0.494 e. The van der Waals surface area contributed by atoms with Crippen molar-refractivity contribution in [2.24, 2.45) is 17.8 Å². The van der Waals surface area contributed by atoms with Crippen LogP contribution in [0.2, 0.25) is 0 Å². The highest BCUT2D eigenvalue weighted by atomic mass is 32.2. The summed E-state index contributed by atoms with van der Waals surface area (Å²) in [6.07, 6.45) is 4.28. The van der Waals surface area contributed by atoms with Gasteiger partial charge in [-0.2, -0.15) is 0 Å². The Hall–Kier alpha value is -4.61. The molecule has 2 aliphatic carbocycles. The molecule has 6 rings (SSSR count). The number of sulfonamides is 1. The van der Waals surface area contributed by atoms with E-state index in [-0.39, 0.29) is 49.4 Å². The summed E-state index contributed by atoms with van der Waals surface area (Å²) >= 11 is 0. The SMILES string of the molecule is CC[C@@H]1C[C@@H](C)CC/C=C\[C@@H]2C[C@@]2(C(=O)NS(=O)(=O)C2(C)CC2)NC(=O)[C@@H]2C[C@@H](Oc3ncc(OC)c4ccc(F)cc34)CN2C(=O)[C@H]1N(C(=O)O)C(C)(C)C(C)(F)F. The lowest BCUT2D eigenvalue weighted by Crippen LogP contribution is -2.67. The number of aromatic nitrogens is 1. The van der Waals surface area contributed by atoms with Gasteiger partial charge in [0.2, 0.25) is 27.7 Å². The molecule has 2 aromatic rings. The number of carboxylic acid groups (broad SMARTS) is 1. The average Bonchev–Trinajstić information content (AvgIpc) is 4.03. The van der Waals surface area contributed by atoms with Crippen molar-refractivity contribution in [1.29, 1.82) is 0 Å². The first-order chi connectivity index (χ1) is 27.5. The fourth-order valence-corrected chi connectivity index (χ4v) is 9.74. The van der Waals surface area contributed by atoms with Gasteiger partial charge in [-0.15, -0.1) is 0 Å². The van der Waals surface area contributed by atoms with Crippen LogP contribution in [-0.4, -0.2) is 106 Å². The van der Waals surface area contributed by atoms with E-state index in [1.54, 1.807) is 13.0 Å². The van der Waals surface area contributed by atoms with E-state index in [2.05, 4.69) is 15.0 Å². The Morgan fingerprint density at radius 3 is 2.46 bits per heavy atom. The van der Waals surface area contributed by atoms with Gasteiger partial charge < -0.3 is 24.8 Å². The number of nitrogens with one attached hydrogen (secondary N) is 2. The minimum atomic E-state index is -4.12. The molecule has 1 saturated heterocycles. The lowest BCUT2D eigenvalue weighted by molar-refractivity contribution is -0.157. The van der Waals surface area contributed by atoms with Crippen LogP contribution in [0.4, 0.5) is 18.0 Å². The summed E-state index contributed by atoms with van der Waals surface area (Å²) in [7, 11) is -2.70. The number of methoxy groups -OCH3 is 1. The summed E-state index contributed by atoms with van der Waals surface area (Å²) in [6, 6.07) is 0.744. The Morgan fingerprint density at radius 1 is 1.15 bits per heavy atom. The first kappa shape index (κ1) is 44.0. The number of benzene rings is 1. The Bertz CT molecular complexity index is 2140. The molecule has 0 unspecified atom stereocenters. The highest BCUT2D eigenvalue weighted by Crippen LogP contribution is 2.48. The summed E-state index contributed by atoms with van der Waals surface area (Å²) < 4.78 is 84.7. The molecule has 3 N–H and O–H groups in total. The zero-order valence-corrected chi connectivity index (χ0v) is 35.2. The van der Waals surface area contributed by atoms with Crippen molar-refractivity contribution in [3.05, 3.63) is 42.4 Å². The van der Waals surface area contributed by atoms with Crippen LogP contribution in [0.15, 0.2) is 36.5 Å². The van der Waals surface area contributed by atoms with Crippen molar-refractivity contribution in [2.45, 2.75) is 133 Å². The van der Waals surface area contributed by atoms with Crippen LogP contribution in [0.3, 0.4) is 0 Å². The van der Waals surface area contributed by atoms with Gasteiger partial charge in [-0.1, -0.05) is 32.4 Å². The van der Waals surface area contributed by atoms with Gasteiger partial charge in [0, 0.05) is 24.6 Å². The third-order valence-corrected chi connectivity index (χ3v) is 15.2. The van der Waals surface area contributed by atoms with Gasteiger partial charge in [0.25, 0.3) is 11.8 Å². The number of allylic oxidation sites excluding steroid dienone is 1. The summed E-state index contributed by atoms with van der Waals surface area (Å²) in [5, 5.41) is 14.1. The summed E-state index contributed by atoms with van der Waals surface area (Å²) in [4.78, 5) is 63.0. The van der Waals surface area contributed by atoms with Crippen LogP contribution in [0, 0.1) is 23.6 Å². The molecule has 0 bridgehead atoms. The minimum Gasteiger partial charge on any atom is -0.494 e. The van der Waals surface area contributed by atoms with E-state index in [0.717, 1.165) is 18.7 Å². The molecular weight excluding hydrogens is 796 g/mol. The maximum atomic E-state index is 15.5. The fraction of sp³-hybridized carbons (Fsp3) is 0.634. The summed E-state index contributed by atoms with van der Waals surface area (Å²) in [5.74, 6) is -8.17. The summed E-state index contributed by atoms with van der Waals surface area (Å²) in [6.45, 7) is 7.52. The van der Waals surface area contributed by atoms with Crippen LogP contribution < -0.4 is 19.5 Å². The highest BCUT2D eigenvalue weighted by Gasteiger charge is 2.63. The molecule has 3 heterocycles. The zero-order valence-electron chi connectivity index (χ0n) is 34.4. The van der Waals surface area contributed by atoms with E-state index >= 15 is 13.6 Å². The minimum absolute atomic E-state index is 0.0568. The number of halogens is 3. The molecule has 1 aromatic heterocycles.